The van der Waals surface area contributed by atoms with Crippen LogP contribution in [0.2, 0.25) is 0 Å². The van der Waals surface area contributed by atoms with Gasteiger partial charge in [-0.25, -0.2) is 0 Å². The maximum absolute atomic E-state index is 5.75. The van der Waals surface area contributed by atoms with Gasteiger partial charge in [0.25, 0.3) is 0 Å². The fourth-order valence-corrected chi connectivity index (χ4v) is 1.55. The van der Waals surface area contributed by atoms with Crippen LogP contribution in [0.3, 0.4) is 0 Å². The Hall–Kier alpha value is -1.46. The number of ether oxygens (including phenoxy) is 1. The van der Waals surface area contributed by atoms with Crippen molar-refractivity contribution in [1.82, 2.24) is 0 Å². The van der Waals surface area contributed by atoms with Gasteiger partial charge in [0.05, 0.1) is 18.7 Å². The molecule has 92 valence electrons. The Kier molecular flexibility index (Phi) is 6.21. The summed E-state index contributed by atoms with van der Waals surface area (Å²) in [5.41, 5.74) is 7.51. The monoisotopic (exact) mass is 231 g/mol. The molecule has 0 fully saturated rings. The van der Waals surface area contributed by atoms with Gasteiger partial charge < -0.3 is 10.5 Å². The van der Waals surface area contributed by atoms with Crippen LogP contribution in [0.15, 0.2) is 18.2 Å². The van der Waals surface area contributed by atoms with Gasteiger partial charge in [0.1, 0.15) is 5.75 Å². The Bertz CT molecular complexity index is 401. The van der Waals surface area contributed by atoms with E-state index < -0.39 is 0 Å². The molecule has 0 aliphatic carbocycles. The van der Waals surface area contributed by atoms with E-state index in [-0.39, 0.29) is 0 Å². The first kappa shape index (κ1) is 13.6. The third kappa shape index (κ3) is 4.93. The van der Waals surface area contributed by atoms with E-state index in [0.29, 0.717) is 6.54 Å². The number of nitrogens with two attached hydrogens (primary N) is 1. The van der Waals surface area contributed by atoms with Crippen LogP contribution in [0.25, 0.3) is 0 Å². The third-order valence-electron chi connectivity index (χ3n) is 2.47. The lowest BCUT2D eigenvalue weighted by Gasteiger charge is -2.08. The van der Waals surface area contributed by atoms with Crippen molar-refractivity contribution >= 4 is 0 Å². The van der Waals surface area contributed by atoms with E-state index in [1.807, 2.05) is 18.2 Å². The second-order valence-electron chi connectivity index (χ2n) is 4.06. The topological polar surface area (TPSA) is 35.2 Å². The molecule has 0 unspecified atom stereocenters. The second-order valence-corrected chi connectivity index (χ2v) is 4.06. The zero-order valence-corrected chi connectivity index (χ0v) is 10.8. The number of hydrogen-bond donors (Lipinski definition) is 1. The van der Waals surface area contributed by atoms with Crippen LogP contribution in [0.1, 0.15) is 37.3 Å². The fraction of sp³-hybridized carbons (Fsp3) is 0.467. The molecule has 0 saturated carbocycles. The average Bonchev–Trinajstić information content (AvgIpc) is 2.34. The summed E-state index contributed by atoms with van der Waals surface area (Å²) in [6.07, 6.45) is 3.50. The van der Waals surface area contributed by atoms with Crippen LogP contribution < -0.4 is 10.5 Å². The number of hydrogen-bond acceptors (Lipinski definition) is 2. The van der Waals surface area contributed by atoms with Gasteiger partial charge in [-0.15, -0.1) is 0 Å². The van der Waals surface area contributed by atoms with Crippen molar-refractivity contribution in [2.24, 2.45) is 5.73 Å². The molecule has 0 radical (unpaired) electrons. The van der Waals surface area contributed by atoms with Gasteiger partial charge in [-0.1, -0.05) is 37.7 Å². The third-order valence-corrected chi connectivity index (χ3v) is 2.47. The van der Waals surface area contributed by atoms with E-state index in [2.05, 4.69) is 25.7 Å². The molecule has 1 rings (SSSR count). The van der Waals surface area contributed by atoms with Crippen molar-refractivity contribution in [2.45, 2.75) is 33.1 Å². The van der Waals surface area contributed by atoms with Crippen LogP contribution >= 0.6 is 0 Å². The summed E-state index contributed by atoms with van der Waals surface area (Å²) in [4.78, 5) is 0. The highest BCUT2D eigenvalue weighted by atomic mass is 16.5. The fourth-order valence-electron chi connectivity index (χ4n) is 1.55. The molecule has 0 aliphatic heterocycles. The van der Waals surface area contributed by atoms with Gasteiger partial charge in [-0.3, -0.25) is 0 Å². The number of aryl methyl sites for hydroxylation is 1. The SMILES string of the molecule is CCCCCOc1ccc(C)cc1C#CCN. The van der Waals surface area contributed by atoms with Crippen molar-refractivity contribution in [3.63, 3.8) is 0 Å². The molecule has 2 heteroatoms. The summed E-state index contributed by atoms with van der Waals surface area (Å²) in [6, 6.07) is 6.07. The molecule has 2 nitrogen and oxygen atoms in total. The zero-order chi connectivity index (χ0) is 12.5. The molecule has 0 atom stereocenters. The first-order chi connectivity index (χ1) is 8.27. The molecule has 1 aromatic carbocycles. The van der Waals surface area contributed by atoms with Gasteiger partial charge in [-0.2, -0.15) is 0 Å². The average molecular weight is 231 g/mol. The van der Waals surface area contributed by atoms with Crippen molar-refractivity contribution in [2.75, 3.05) is 13.2 Å². The standard InChI is InChI=1S/C15H21NO/c1-3-4-5-11-17-15-9-8-13(2)12-14(15)7-6-10-16/h8-9,12H,3-5,10-11,16H2,1-2H3. The predicted molar refractivity (Wildman–Crippen MR) is 72.1 cm³/mol. The van der Waals surface area contributed by atoms with Gasteiger partial charge in [-0.05, 0) is 31.0 Å². The lowest BCUT2D eigenvalue weighted by molar-refractivity contribution is 0.305. The van der Waals surface area contributed by atoms with E-state index in [0.717, 1.165) is 24.3 Å². The summed E-state index contributed by atoms with van der Waals surface area (Å²) in [6.45, 7) is 5.37. The van der Waals surface area contributed by atoms with Crippen molar-refractivity contribution < 1.29 is 4.74 Å². The molecule has 0 spiro atoms. The Labute approximate surface area is 104 Å². The van der Waals surface area contributed by atoms with Crippen LogP contribution in [0, 0.1) is 18.8 Å². The van der Waals surface area contributed by atoms with Gasteiger partial charge in [0.15, 0.2) is 0 Å². The molecule has 17 heavy (non-hydrogen) atoms. The molecule has 0 saturated heterocycles. The van der Waals surface area contributed by atoms with E-state index in [1.54, 1.807) is 0 Å². The molecule has 0 amide bonds. The molecule has 1 aromatic rings. The lowest BCUT2D eigenvalue weighted by atomic mass is 10.1. The van der Waals surface area contributed by atoms with Crippen LogP contribution in [0.5, 0.6) is 5.75 Å². The zero-order valence-electron chi connectivity index (χ0n) is 10.8. The molecule has 2 N–H and O–H groups in total. The largest absolute Gasteiger partial charge is 0.492 e. The summed E-state index contributed by atoms with van der Waals surface area (Å²) < 4.78 is 5.75. The normalized spacial score (nSPS) is 9.59. The molecule has 0 heterocycles. The highest BCUT2D eigenvalue weighted by Crippen LogP contribution is 2.19. The summed E-state index contributed by atoms with van der Waals surface area (Å²) in [5.74, 6) is 6.79. The number of benzene rings is 1. The van der Waals surface area contributed by atoms with E-state index in [9.17, 15) is 0 Å². The quantitative estimate of drug-likeness (QED) is 0.624. The minimum Gasteiger partial charge on any atom is -0.492 e. The smallest absolute Gasteiger partial charge is 0.134 e. The first-order valence-corrected chi connectivity index (χ1v) is 6.20. The van der Waals surface area contributed by atoms with Crippen LogP contribution in [-0.4, -0.2) is 13.2 Å². The van der Waals surface area contributed by atoms with Gasteiger partial charge in [0.2, 0.25) is 0 Å². The molecular formula is C15H21NO. The predicted octanol–water partition coefficient (Wildman–Crippen LogP) is 2.87. The van der Waals surface area contributed by atoms with Gasteiger partial charge in [0, 0.05) is 0 Å². The molecular weight excluding hydrogens is 210 g/mol. The van der Waals surface area contributed by atoms with Gasteiger partial charge >= 0.3 is 0 Å². The Balaban J connectivity index is 2.69. The molecule has 0 aliphatic rings. The maximum atomic E-state index is 5.75. The maximum Gasteiger partial charge on any atom is 0.134 e. The van der Waals surface area contributed by atoms with E-state index >= 15 is 0 Å². The number of unbranched alkanes of at least 4 members (excludes halogenated alkanes) is 2. The van der Waals surface area contributed by atoms with Crippen molar-refractivity contribution in [3.05, 3.63) is 29.3 Å². The summed E-state index contributed by atoms with van der Waals surface area (Å²) in [7, 11) is 0. The minimum atomic E-state index is 0.378. The Morgan fingerprint density at radius 2 is 2.12 bits per heavy atom. The number of rotatable bonds is 5. The highest BCUT2D eigenvalue weighted by Gasteiger charge is 2.01. The van der Waals surface area contributed by atoms with Crippen LogP contribution in [0.4, 0.5) is 0 Å². The van der Waals surface area contributed by atoms with E-state index in [4.69, 9.17) is 10.5 Å². The highest BCUT2D eigenvalue weighted by molar-refractivity contribution is 5.48. The lowest BCUT2D eigenvalue weighted by Crippen LogP contribution is -1.99. The van der Waals surface area contributed by atoms with Crippen molar-refractivity contribution in [1.29, 1.82) is 0 Å². The minimum absolute atomic E-state index is 0.378. The second kappa shape index (κ2) is 7.76. The Morgan fingerprint density at radius 1 is 1.29 bits per heavy atom. The molecule has 0 bridgehead atoms. The van der Waals surface area contributed by atoms with Crippen molar-refractivity contribution in [3.8, 4) is 17.6 Å². The summed E-state index contributed by atoms with van der Waals surface area (Å²) in [5, 5.41) is 0. The molecule has 0 aromatic heterocycles. The first-order valence-electron chi connectivity index (χ1n) is 6.20. The summed E-state index contributed by atoms with van der Waals surface area (Å²) >= 11 is 0. The Morgan fingerprint density at radius 3 is 2.82 bits per heavy atom. The van der Waals surface area contributed by atoms with Crippen LogP contribution in [-0.2, 0) is 0 Å². The van der Waals surface area contributed by atoms with E-state index in [1.165, 1.54) is 18.4 Å².